The summed E-state index contributed by atoms with van der Waals surface area (Å²) in [6.07, 6.45) is 2.60. The van der Waals surface area contributed by atoms with Crippen LogP contribution in [0.25, 0.3) is 10.8 Å². The largest absolute Gasteiger partial charge is 0.206 e. The summed E-state index contributed by atoms with van der Waals surface area (Å²) in [7, 11) is 0. The molecule has 0 aromatic heterocycles. The molecule has 0 fully saturated rings. The maximum atomic E-state index is 14.6. The molecule has 0 heterocycles. The van der Waals surface area contributed by atoms with Crippen molar-refractivity contribution in [2.75, 3.05) is 0 Å². The molecule has 4 aromatic carbocycles. The van der Waals surface area contributed by atoms with Gasteiger partial charge in [0.2, 0.25) is 0 Å². The van der Waals surface area contributed by atoms with E-state index in [2.05, 4.69) is 30.3 Å². The van der Waals surface area contributed by atoms with Gasteiger partial charge >= 0.3 is 0 Å². The van der Waals surface area contributed by atoms with E-state index in [0.29, 0.717) is 34.7 Å². The van der Waals surface area contributed by atoms with Crippen molar-refractivity contribution in [2.24, 2.45) is 0 Å². The molecule has 0 atom stereocenters. The van der Waals surface area contributed by atoms with Gasteiger partial charge in [-0.3, -0.25) is 0 Å². The fraction of sp³-hybridized carbons (Fsp3) is 0.0667. The van der Waals surface area contributed by atoms with Crippen LogP contribution in [0, 0.1) is 58.6 Å². The Morgan fingerprint density at radius 1 is 0.556 bits per heavy atom. The zero-order valence-corrected chi connectivity index (χ0v) is 18.7. The van der Waals surface area contributed by atoms with Crippen LogP contribution >= 0.6 is 0 Å². The average Bonchev–Trinajstić information content (AvgIpc) is 2.82. The lowest BCUT2D eigenvalue weighted by molar-refractivity contribution is 0.511. The second-order valence-electron chi connectivity index (χ2n) is 7.90. The van der Waals surface area contributed by atoms with E-state index in [1.807, 2.05) is 0 Å². The van der Waals surface area contributed by atoms with Gasteiger partial charge in [0.15, 0.2) is 11.6 Å². The summed E-state index contributed by atoms with van der Waals surface area (Å²) in [5.41, 5.74) is -0.393. The summed E-state index contributed by atoms with van der Waals surface area (Å²) in [5.74, 6) is 3.87. The van der Waals surface area contributed by atoms with Crippen LogP contribution in [0.4, 0.5) is 26.3 Å². The highest BCUT2D eigenvalue weighted by atomic mass is 19.2. The third-order valence-electron chi connectivity index (χ3n) is 5.32. The van der Waals surface area contributed by atoms with Gasteiger partial charge in [0, 0.05) is 11.1 Å². The highest BCUT2D eigenvalue weighted by Gasteiger charge is 2.11. The van der Waals surface area contributed by atoms with Gasteiger partial charge in [-0.15, -0.1) is 6.58 Å². The van der Waals surface area contributed by atoms with Crippen LogP contribution in [0.2, 0.25) is 0 Å². The molecule has 178 valence electrons. The lowest BCUT2D eigenvalue weighted by Crippen LogP contribution is -1.96. The molecule has 0 aliphatic carbocycles. The Morgan fingerprint density at radius 2 is 1.08 bits per heavy atom. The van der Waals surface area contributed by atoms with Crippen molar-refractivity contribution in [2.45, 2.75) is 12.8 Å². The highest BCUT2D eigenvalue weighted by Crippen LogP contribution is 2.21. The lowest BCUT2D eigenvalue weighted by Gasteiger charge is -2.03. The lowest BCUT2D eigenvalue weighted by atomic mass is 10.0. The summed E-state index contributed by atoms with van der Waals surface area (Å²) >= 11 is 0. The molecule has 4 rings (SSSR count). The number of allylic oxidation sites excluding steroid dienone is 1. The van der Waals surface area contributed by atoms with E-state index in [1.165, 1.54) is 18.2 Å². The maximum absolute atomic E-state index is 14.6. The average molecular weight is 490 g/mol. The minimum atomic E-state index is -1.02. The van der Waals surface area contributed by atoms with E-state index >= 15 is 0 Å². The minimum absolute atomic E-state index is 0.131. The molecule has 0 unspecified atom stereocenters. The third kappa shape index (κ3) is 5.45. The van der Waals surface area contributed by atoms with Crippen molar-refractivity contribution < 1.29 is 26.3 Å². The van der Waals surface area contributed by atoms with Gasteiger partial charge in [-0.1, -0.05) is 35.8 Å². The summed E-state index contributed by atoms with van der Waals surface area (Å²) < 4.78 is 84.5. The predicted octanol–water partition coefficient (Wildman–Crippen LogP) is 7.59. The standard InChI is InChI=1S/C30H16F6/c1-2-3-4-19-12-25(31)24(26(32)13-19)10-7-20-14-27(33)23(28(34)15-20)9-6-18-5-8-21-16-29(35)30(36)17-22(21)11-18/h2,5,8,11-17H,1,3-4H2. The normalized spacial score (nSPS) is 10.4. The molecule has 0 saturated heterocycles. The van der Waals surface area contributed by atoms with Gasteiger partial charge < -0.3 is 0 Å². The van der Waals surface area contributed by atoms with Crippen LogP contribution in [0.3, 0.4) is 0 Å². The number of hydrogen-bond acceptors (Lipinski definition) is 0. The second-order valence-corrected chi connectivity index (χ2v) is 7.90. The van der Waals surface area contributed by atoms with Gasteiger partial charge in [-0.25, -0.2) is 26.3 Å². The van der Waals surface area contributed by atoms with E-state index in [-0.39, 0.29) is 5.56 Å². The molecule has 0 saturated carbocycles. The van der Waals surface area contributed by atoms with Crippen molar-refractivity contribution in [3.63, 3.8) is 0 Å². The van der Waals surface area contributed by atoms with Crippen molar-refractivity contribution in [3.8, 4) is 23.7 Å². The molecule has 0 amide bonds. The molecule has 0 radical (unpaired) electrons. The Morgan fingerprint density at radius 3 is 1.67 bits per heavy atom. The zero-order chi connectivity index (χ0) is 25.8. The van der Waals surface area contributed by atoms with Gasteiger partial charge in [0.25, 0.3) is 0 Å². The molecule has 0 aliphatic rings. The number of rotatable bonds is 3. The highest BCUT2D eigenvalue weighted by molar-refractivity contribution is 5.84. The molecular weight excluding hydrogens is 474 g/mol. The first-order valence-electron chi connectivity index (χ1n) is 10.8. The van der Waals surface area contributed by atoms with Gasteiger partial charge in [0.05, 0.1) is 11.1 Å². The Bertz CT molecular complexity index is 1580. The van der Waals surface area contributed by atoms with E-state index in [4.69, 9.17) is 0 Å². The molecule has 0 spiro atoms. The monoisotopic (exact) mass is 490 g/mol. The van der Waals surface area contributed by atoms with Crippen LogP contribution in [-0.2, 0) is 6.42 Å². The van der Waals surface area contributed by atoms with Gasteiger partial charge in [-0.05, 0) is 77.7 Å². The van der Waals surface area contributed by atoms with Crippen molar-refractivity contribution in [3.05, 3.63) is 130 Å². The minimum Gasteiger partial charge on any atom is -0.206 e. The Balaban J connectivity index is 1.61. The zero-order valence-electron chi connectivity index (χ0n) is 18.7. The van der Waals surface area contributed by atoms with Crippen molar-refractivity contribution in [1.82, 2.24) is 0 Å². The molecule has 0 N–H and O–H groups in total. The fourth-order valence-corrected chi connectivity index (χ4v) is 3.51. The van der Waals surface area contributed by atoms with Crippen LogP contribution in [-0.4, -0.2) is 0 Å². The molecule has 0 bridgehead atoms. The Labute approximate surface area is 203 Å². The van der Waals surface area contributed by atoms with E-state index in [0.717, 1.165) is 36.4 Å². The molecule has 0 aliphatic heterocycles. The molecule has 4 aromatic rings. The smallest absolute Gasteiger partial charge is 0.159 e. The van der Waals surface area contributed by atoms with E-state index in [9.17, 15) is 26.3 Å². The van der Waals surface area contributed by atoms with Crippen molar-refractivity contribution >= 4 is 10.8 Å². The Kier molecular flexibility index (Phi) is 7.17. The molecule has 0 nitrogen and oxygen atoms in total. The topological polar surface area (TPSA) is 0 Å². The first-order valence-corrected chi connectivity index (χ1v) is 10.8. The summed E-state index contributed by atoms with van der Waals surface area (Å²) in [4.78, 5) is 0. The fourth-order valence-electron chi connectivity index (χ4n) is 3.51. The summed E-state index contributed by atoms with van der Waals surface area (Å²) in [6, 6.07) is 10.7. The first kappa shape index (κ1) is 24.7. The Hall–Kier alpha value is -4.42. The number of hydrogen-bond donors (Lipinski definition) is 0. The summed E-state index contributed by atoms with van der Waals surface area (Å²) in [6.45, 7) is 3.56. The molecule has 36 heavy (non-hydrogen) atoms. The van der Waals surface area contributed by atoms with Crippen LogP contribution in [0.15, 0.2) is 67.3 Å². The third-order valence-corrected chi connectivity index (χ3v) is 5.32. The maximum Gasteiger partial charge on any atom is 0.159 e. The predicted molar refractivity (Wildman–Crippen MR) is 127 cm³/mol. The van der Waals surface area contributed by atoms with Crippen LogP contribution in [0.5, 0.6) is 0 Å². The van der Waals surface area contributed by atoms with Gasteiger partial charge in [-0.2, -0.15) is 0 Å². The second kappa shape index (κ2) is 10.5. The number of halogens is 6. The first-order chi connectivity index (χ1) is 17.2. The van der Waals surface area contributed by atoms with Crippen LogP contribution in [0.1, 0.15) is 34.2 Å². The summed E-state index contributed by atoms with van der Waals surface area (Å²) in [5, 5.41) is 0.819. The van der Waals surface area contributed by atoms with E-state index < -0.39 is 46.0 Å². The molecule has 6 heteroatoms. The SMILES string of the molecule is C=CCCc1cc(F)c(C#Cc2cc(F)c(C#Cc3ccc4cc(F)c(F)cc4c3)c(F)c2)c(F)c1. The number of fused-ring (bicyclic) bond motifs is 1. The molecular formula is C30H16F6. The number of aryl methyl sites for hydroxylation is 1. The quantitative estimate of drug-likeness (QED) is 0.158. The number of benzene rings is 4. The van der Waals surface area contributed by atoms with E-state index in [1.54, 1.807) is 6.08 Å². The van der Waals surface area contributed by atoms with Gasteiger partial charge in [0.1, 0.15) is 23.3 Å². The van der Waals surface area contributed by atoms with Crippen molar-refractivity contribution in [1.29, 1.82) is 0 Å². The van der Waals surface area contributed by atoms with Crippen LogP contribution < -0.4 is 0 Å².